The number of ketones is 2. The third-order valence-electron chi connectivity index (χ3n) is 9.62. The Bertz CT molecular complexity index is 1080. The van der Waals surface area contributed by atoms with Gasteiger partial charge in [0.15, 0.2) is 11.2 Å². The average Bonchev–Trinajstić information content (AvgIpc) is 3.43. The molecule has 13 nitrogen and oxygen atoms in total. The molecule has 0 aromatic rings. The van der Waals surface area contributed by atoms with Crippen LogP contribution in [0.15, 0.2) is 0 Å². The number of ether oxygens (including phenoxy) is 8. The van der Waals surface area contributed by atoms with E-state index in [1.807, 2.05) is 6.92 Å². The molecule has 40 heavy (non-hydrogen) atoms. The van der Waals surface area contributed by atoms with Crippen LogP contribution in [0.5, 0.6) is 0 Å². The number of fused-ring (bicyclic) bond motifs is 2. The van der Waals surface area contributed by atoms with Gasteiger partial charge in [-0.05, 0) is 13.8 Å². The van der Waals surface area contributed by atoms with E-state index in [1.165, 1.54) is 35.2 Å². The van der Waals surface area contributed by atoms with Crippen molar-refractivity contribution in [1.82, 2.24) is 0 Å². The van der Waals surface area contributed by atoms with Crippen molar-refractivity contribution in [2.75, 3.05) is 35.5 Å². The SMILES string of the molecule is COC(=O)C(=O)[C@]1([C@@H](C)[C@]23CC(OC)(OC)C(C)(O2)[C@H](OC)[C@H]3C)O[C@](C)(C(=O)C(=O)OC)[C@@H](OC(C)=O)[C@@H]1C. The predicted octanol–water partition coefficient (Wildman–Crippen LogP) is 0.774. The zero-order valence-corrected chi connectivity index (χ0v) is 24.9. The van der Waals surface area contributed by atoms with Crippen molar-refractivity contribution in [1.29, 1.82) is 0 Å². The summed E-state index contributed by atoms with van der Waals surface area (Å²) in [6, 6.07) is 0. The van der Waals surface area contributed by atoms with Gasteiger partial charge in [0.2, 0.25) is 5.79 Å². The highest BCUT2D eigenvalue weighted by Gasteiger charge is 2.82. The highest BCUT2D eigenvalue weighted by atomic mass is 16.7. The van der Waals surface area contributed by atoms with Crippen LogP contribution < -0.4 is 0 Å². The molecule has 13 heteroatoms. The van der Waals surface area contributed by atoms with Gasteiger partial charge in [-0.2, -0.15) is 0 Å². The molecule has 3 aliphatic rings. The molecule has 0 radical (unpaired) electrons. The third-order valence-corrected chi connectivity index (χ3v) is 9.62. The summed E-state index contributed by atoms with van der Waals surface area (Å²) in [6.45, 7) is 9.10. The largest absolute Gasteiger partial charge is 0.463 e. The monoisotopic (exact) mass is 572 g/mol. The van der Waals surface area contributed by atoms with Crippen molar-refractivity contribution in [2.45, 2.75) is 88.4 Å². The molecule has 0 aliphatic carbocycles. The van der Waals surface area contributed by atoms with Crippen molar-refractivity contribution in [2.24, 2.45) is 17.8 Å². The van der Waals surface area contributed by atoms with Crippen molar-refractivity contribution in [3.63, 3.8) is 0 Å². The lowest BCUT2D eigenvalue weighted by molar-refractivity contribution is -0.289. The van der Waals surface area contributed by atoms with E-state index >= 15 is 0 Å². The van der Waals surface area contributed by atoms with E-state index in [2.05, 4.69) is 4.74 Å². The zero-order valence-electron chi connectivity index (χ0n) is 24.9. The van der Waals surface area contributed by atoms with Gasteiger partial charge < -0.3 is 37.9 Å². The molecular weight excluding hydrogens is 532 g/mol. The molecule has 3 aliphatic heterocycles. The number of esters is 3. The summed E-state index contributed by atoms with van der Waals surface area (Å²) >= 11 is 0. The summed E-state index contributed by atoms with van der Waals surface area (Å²) in [6.07, 6.45) is -1.99. The molecule has 3 heterocycles. The lowest BCUT2D eigenvalue weighted by Gasteiger charge is -2.50. The third kappa shape index (κ3) is 3.88. The Morgan fingerprint density at radius 3 is 1.77 bits per heavy atom. The quantitative estimate of drug-likeness (QED) is 0.156. The molecule has 0 amide bonds. The van der Waals surface area contributed by atoms with Gasteiger partial charge in [-0.1, -0.05) is 20.8 Å². The maximum Gasteiger partial charge on any atom is 0.377 e. The van der Waals surface area contributed by atoms with Crippen LogP contribution >= 0.6 is 0 Å². The summed E-state index contributed by atoms with van der Waals surface area (Å²) < 4.78 is 45.6. The number of hydrogen-bond acceptors (Lipinski definition) is 13. The van der Waals surface area contributed by atoms with Crippen LogP contribution in [-0.4, -0.2) is 105 Å². The van der Waals surface area contributed by atoms with Crippen LogP contribution in [0.1, 0.15) is 48.0 Å². The molecule has 3 fully saturated rings. The highest BCUT2D eigenvalue weighted by molar-refractivity contribution is 6.39. The van der Waals surface area contributed by atoms with E-state index in [0.717, 1.165) is 21.1 Å². The second-order valence-corrected chi connectivity index (χ2v) is 11.1. The van der Waals surface area contributed by atoms with E-state index in [1.54, 1.807) is 13.8 Å². The molecular formula is C27H40O13. The molecule has 3 rings (SSSR count). The molecule has 1 unspecified atom stereocenters. The number of methoxy groups -OCH3 is 5. The summed E-state index contributed by atoms with van der Waals surface area (Å²) in [5.74, 6) is -9.64. The lowest BCUT2D eigenvalue weighted by Crippen LogP contribution is -2.66. The summed E-state index contributed by atoms with van der Waals surface area (Å²) in [7, 11) is 6.47. The van der Waals surface area contributed by atoms with Crippen molar-refractivity contribution >= 4 is 29.5 Å². The molecule has 0 aromatic carbocycles. The van der Waals surface area contributed by atoms with E-state index in [4.69, 9.17) is 33.2 Å². The molecule has 2 bridgehead atoms. The maximum atomic E-state index is 14.1. The fourth-order valence-electron chi connectivity index (χ4n) is 7.62. The van der Waals surface area contributed by atoms with Gasteiger partial charge in [-0.15, -0.1) is 0 Å². The fourth-order valence-corrected chi connectivity index (χ4v) is 7.62. The normalized spacial score (nSPS) is 40.4. The van der Waals surface area contributed by atoms with Gasteiger partial charge in [0, 0.05) is 52.4 Å². The standard InChI is InChI=1S/C27H40O13/c1-13-20(33-7)24(6)26(36-10,37-11)12-25(13,40-24)15(3)27(18(30)22(32)35-9)14(2)19(38-16(4)28)23(5,39-27)17(29)21(31)34-8/h13-15,19-20H,12H2,1-11H3/t13-,14+,15+,19+,20-,23-,24?,25-,27+/m1/s1. The van der Waals surface area contributed by atoms with Gasteiger partial charge in [0.1, 0.15) is 11.7 Å². The predicted molar refractivity (Wildman–Crippen MR) is 134 cm³/mol. The first-order valence-corrected chi connectivity index (χ1v) is 13.0. The number of rotatable bonds is 10. The lowest BCUT2D eigenvalue weighted by atomic mass is 9.59. The maximum absolute atomic E-state index is 14.1. The summed E-state index contributed by atoms with van der Waals surface area (Å²) in [5.41, 5.74) is -6.88. The number of carbonyl (C=O) groups is 5. The number of Topliss-reactive ketones (excluding diaryl/α,β-unsaturated/α-hetero) is 2. The summed E-state index contributed by atoms with van der Waals surface area (Å²) in [5, 5.41) is 0. The molecule has 9 atom stereocenters. The van der Waals surface area contributed by atoms with E-state index in [0.29, 0.717) is 0 Å². The van der Waals surface area contributed by atoms with E-state index in [-0.39, 0.29) is 6.42 Å². The van der Waals surface area contributed by atoms with Crippen LogP contribution in [0.4, 0.5) is 0 Å². The van der Waals surface area contributed by atoms with Crippen molar-refractivity contribution in [3.05, 3.63) is 0 Å². The smallest absolute Gasteiger partial charge is 0.377 e. The first kappa shape index (κ1) is 32.1. The minimum absolute atomic E-state index is 0.0812. The first-order valence-electron chi connectivity index (χ1n) is 13.0. The highest BCUT2D eigenvalue weighted by Crippen LogP contribution is 2.67. The average molecular weight is 573 g/mol. The molecule has 0 N–H and O–H groups in total. The Kier molecular flexibility index (Phi) is 8.36. The second kappa shape index (κ2) is 10.4. The van der Waals surface area contributed by atoms with Crippen molar-refractivity contribution in [3.8, 4) is 0 Å². The van der Waals surface area contributed by atoms with Crippen LogP contribution in [0.2, 0.25) is 0 Å². The van der Waals surface area contributed by atoms with Gasteiger partial charge in [0.25, 0.3) is 11.6 Å². The van der Waals surface area contributed by atoms with E-state index < -0.39 is 87.6 Å². The van der Waals surface area contributed by atoms with Gasteiger partial charge in [-0.3, -0.25) is 14.4 Å². The first-order chi connectivity index (χ1) is 18.5. The molecule has 0 aromatic heterocycles. The Hall–Kier alpha value is -2.45. The number of carbonyl (C=O) groups excluding carboxylic acids is 5. The van der Waals surface area contributed by atoms with Gasteiger partial charge in [-0.25, -0.2) is 9.59 Å². The van der Waals surface area contributed by atoms with Crippen LogP contribution in [0.3, 0.4) is 0 Å². The number of hydrogen-bond donors (Lipinski definition) is 0. The van der Waals surface area contributed by atoms with Gasteiger partial charge >= 0.3 is 17.9 Å². The Morgan fingerprint density at radius 1 is 0.800 bits per heavy atom. The van der Waals surface area contributed by atoms with Gasteiger partial charge in [0.05, 0.1) is 25.9 Å². The Labute approximate surface area is 233 Å². The molecule has 0 spiro atoms. The van der Waals surface area contributed by atoms with Crippen molar-refractivity contribution < 1.29 is 61.9 Å². The zero-order chi connectivity index (χ0) is 30.6. The molecule has 3 saturated heterocycles. The molecule has 0 saturated carbocycles. The second-order valence-electron chi connectivity index (χ2n) is 11.1. The van der Waals surface area contributed by atoms with E-state index in [9.17, 15) is 24.0 Å². The topological polar surface area (TPSA) is 159 Å². The van der Waals surface area contributed by atoms with Crippen LogP contribution in [0.25, 0.3) is 0 Å². The fraction of sp³-hybridized carbons (Fsp3) is 0.815. The minimum atomic E-state index is -2.21. The minimum Gasteiger partial charge on any atom is -0.463 e. The summed E-state index contributed by atoms with van der Waals surface area (Å²) in [4.78, 5) is 65.1. The van der Waals surface area contributed by atoms with Crippen LogP contribution in [-0.2, 0) is 61.9 Å². The molecule has 226 valence electrons. The Balaban J connectivity index is 2.33. The van der Waals surface area contributed by atoms with Crippen LogP contribution in [0, 0.1) is 17.8 Å². The Morgan fingerprint density at radius 2 is 1.32 bits per heavy atom.